The van der Waals surface area contributed by atoms with E-state index in [2.05, 4.69) is 15.3 Å². The van der Waals surface area contributed by atoms with Crippen molar-refractivity contribution < 1.29 is 9.53 Å². The molecule has 25 heavy (non-hydrogen) atoms. The Morgan fingerprint density at radius 2 is 1.76 bits per heavy atom. The van der Waals surface area contributed by atoms with Crippen molar-refractivity contribution >= 4 is 17.7 Å². The van der Waals surface area contributed by atoms with Crippen LogP contribution in [0.4, 0.5) is 11.8 Å². The largest absolute Gasteiger partial charge is 0.457 e. The Kier molecular flexibility index (Phi) is 4.75. The number of nitrogen functional groups attached to an aromatic ring is 1. The predicted molar refractivity (Wildman–Crippen MR) is 95.2 cm³/mol. The molecule has 0 atom stereocenters. The van der Waals surface area contributed by atoms with Gasteiger partial charge in [-0.3, -0.25) is 4.79 Å². The van der Waals surface area contributed by atoms with Gasteiger partial charge in [-0.25, -0.2) is 4.98 Å². The molecule has 0 bridgehead atoms. The number of carbonyl (C=O) groups is 1. The first-order valence-electron chi connectivity index (χ1n) is 7.60. The van der Waals surface area contributed by atoms with Gasteiger partial charge >= 0.3 is 0 Å². The number of nitrogens with zero attached hydrogens (tertiary/aromatic N) is 2. The molecule has 0 fully saturated rings. The minimum absolute atomic E-state index is 0.0659. The van der Waals surface area contributed by atoms with Gasteiger partial charge in [0.2, 0.25) is 5.95 Å². The molecule has 7 nitrogen and oxygen atoms in total. The van der Waals surface area contributed by atoms with Gasteiger partial charge in [-0.1, -0.05) is 30.3 Å². The van der Waals surface area contributed by atoms with E-state index in [1.165, 1.54) is 6.07 Å². The van der Waals surface area contributed by atoms with Crippen LogP contribution in [0.15, 0.2) is 60.7 Å². The average molecular weight is 335 g/mol. The van der Waals surface area contributed by atoms with Crippen molar-refractivity contribution in [1.82, 2.24) is 9.97 Å². The van der Waals surface area contributed by atoms with E-state index in [0.717, 1.165) is 17.1 Å². The molecule has 126 valence electrons. The Balaban J connectivity index is 1.70. The molecular weight excluding hydrogens is 318 g/mol. The molecule has 1 amide bonds. The van der Waals surface area contributed by atoms with E-state index < -0.39 is 5.91 Å². The molecule has 0 aliphatic heterocycles. The number of rotatable bonds is 6. The fraction of sp³-hybridized carbons (Fsp3) is 0.0556. The van der Waals surface area contributed by atoms with Crippen molar-refractivity contribution in [3.8, 4) is 11.5 Å². The SMILES string of the molecule is NC(=O)c1cc(N)nc(NCc2cccc(Oc3ccccc3)c2)n1. The normalized spacial score (nSPS) is 10.2. The Bertz CT molecular complexity index is 884. The standard InChI is InChI=1S/C18H17N5O2/c19-16-10-15(17(20)24)22-18(23-16)21-11-12-5-4-8-14(9-12)25-13-6-2-1-3-7-13/h1-10H,11H2,(H2,20,24)(H3,19,21,22,23). The number of carbonyl (C=O) groups excluding carboxylic acids is 1. The van der Waals surface area contributed by atoms with Crippen molar-refractivity contribution in [2.24, 2.45) is 5.73 Å². The van der Waals surface area contributed by atoms with E-state index in [4.69, 9.17) is 16.2 Å². The molecule has 5 N–H and O–H groups in total. The highest BCUT2D eigenvalue weighted by molar-refractivity contribution is 5.91. The van der Waals surface area contributed by atoms with Crippen LogP contribution in [0.2, 0.25) is 0 Å². The number of ether oxygens (including phenoxy) is 1. The first-order valence-corrected chi connectivity index (χ1v) is 7.60. The fourth-order valence-corrected chi connectivity index (χ4v) is 2.20. The zero-order valence-electron chi connectivity index (χ0n) is 13.3. The van der Waals surface area contributed by atoms with Crippen LogP contribution in [0, 0.1) is 0 Å². The number of nitrogens with two attached hydrogens (primary N) is 2. The monoisotopic (exact) mass is 335 g/mol. The number of benzene rings is 2. The van der Waals surface area contributed by atoms with Crippen molar-refractivity contribution in [3.05, 3.63) is 71.9 Å². The number of para-hydroxylation sites is 1. The van der Waals surface area contributed by atoms with Gasteiger partial charge in [-0.05, 0) is 29.8 Å². The third kappa shape index (κ3) is 4.44. The first-order chi connectivity index (χ1) is 12.1. The van der Waals surface area contributed by atoms with Gasteiger partial charge in [0.05, 0.1) is 0 Å². The van der Waals surface area contributed by atoms with Gasteiger partial charge < -0.3 is 21.5 Å². The Hall–Kier alpha value is -3.61. The Morgan fingerprint density at radius 1 is 1.00 bits per heavy atom. The van der Waals surface area contributed by atoms with Crippen LogP contribution >= 0.6 is 0 Å². The summed E-state index contributed by atoms with van der Waals surface area (Å²) in [5, 5.41) is 3.02. The van der Waals surface area contributed by atoms with Crippen LogP contribution in [0.3, 0.4) is 0 Å². The number of anilines is 2. The summed E-state index contributed by atoms with van der Waals surface area (Å²) in [4.78, 5) is 19.3. The van der Waals surface area contributed by atoms with Crippen molar-refractivity contribution in [3.63, 3.8) is 0 Å². The number of nitrogens with one attached hydrogen (secondary N) is 1. The zero-order valence-corrected chi connectivity index (χ0v) is 13.3. The number of primary amides is 1. The van der Waals surface area contributed by atoms with E-state index >= 15 is 0 Å². The molecule has 2 aromatic carbocycles. The molecule has 0 spiro atoms. The van der Waals surface area contributed by atoms with Crippen LogP contribution in [0.5, 0.6) is 11.5 Å². The highest BCUT2D eigenvalue weighted by atomic mass is 16.5. The lowest BCUT2D eigenvalue weighted by Gasteiger charge is -2.09. The van der Waals surface area contributed by atoms with Crippen molar-refractivity contribution in [2.45, 2.75) is 6.54 Å². The third-order valence-electron chi connectivity index (χ3n) is 3.33. The van der Waals surface area contributed by atoms with Gasteiger partial charge in [0.1, 0.15) is 23.0 Å². The summed E-state index contributed by atoms with van der Waals surface area (Å²) in [5.41, 5.74) is 11.9. The minimum Gasteiger partial charge on any atom is -0.457 e. The highest BCUT2D eigenvalue weighted by Gasteiger charge is 2.07. The van der Waals surface area contributed by atoms with Crippen LogP contribution in [0.1, 0.15) is 16.1 Å². The molecule has 7 heteroatoms. The first kappa shape index (κ1) is 16.3. The molecule has 0 radical (unpaired) electrons. The number of amides is 1. The summed E-state index contributed by atoms with van der Waals surface area (Å²) in [5.74, 6) is 1.24. The molecule has 0 unspecified atom stereocenters. The zero-order chi connectivity index (χ0) is 17.6. The summed E-state index contributed by atoms with van der Waals surface area (Å²) >= 11 is 0. The quantitative estimate of drug-likeness (QED) is 0.637. The van der Waals surface area contributed by atoms with E-state index in [9.17, 15) is 4.79 Å². The van der Waals surface area contributed by atoms with E-state index in [-0.39, 0.29) is 17.5 Å². The third-order valence-corrected chi connectivity index (χ3v) is 3.33. The molecule has 1 aromatic heterocycles. The maximum Gasteiger partial charge on any atom is 0.267 e. The van der Waals surface area contributed by atoms with Crippen LogP contribution in [0.25, 0.3) is 0 Å². The second-order valence-corrected chi connectivity index (χ2v) is 5.28. The lowest BCUT2D eigenvalue weighted by Crippen LogP contribution is -2.16. The predicted octanol–water partition coefficient (Wildman–Crippen LogP) is 2.56. The van der Waals surface area contributed by atoms with E-state index in [1.807, 2.05) is 54.6 Å². The molecule has 1 heterocycles. The summed E-state index contributed by atoms with van der Waals surface area (Å²) in [6.45, 7) is 0.438. The maximum atomic E-state index is 11.2. The number of aromatic nitrogens is 2. The summed E-state index contributed by atoms with van der Waals surface area (Å²) in [7, 11) is 0. The smallest absolute Gasteiger partial charge is 0.267 e. The summed E-state index contributed by atoms with van der Waals surface area (Å²) < 4.78 is 5.80. The van der Waals surface area contributed by atoms with Crippen molar-refractivity contribution in [1.29, 1.82) is 0 Å². The van der Waals surface area contributed by atoms with Gasteiger partial charge in [-0.15, -0.1) is 0 Å². The topological polar surface area (TPSA) is 116 Å². The Morgan fingerprint density at radius 3 is 2.52 bits per heavy atom. The highest BCUT2D eigenvalue weighted by Crippen LogP contribution is 2.22. The Labute approximate surface area is 144 Å². The fourth-order valence-electron chi connectivity index (χ4n) is 2.20. The lowest BCUT2D eigenvalue weighted by atomic mass is 10.2. The molecule has 0 aliphatic rings. The minimum atomic E-state index is -0.657. The molecule has 0 saturated carbocycles. The maximum absolute atomic E-state index is 11.2. The molecule has 3 aromatic rings. The van der Waals surface area contributed by atoms with Gasteiger partial charge in [0.15, 0.2) is 0 Å². The lowest BCUT2D eigenvalue weighted by molar-refractivity contribution is 0.0995. The van der Waals surface area contributed by atoms with Crippen LogP contribution in [-0.2, 0) is 6.54 Å². The van der Waals surface area contributed by atoms with Crippen LogP contribution in [-0.4, -0.2) is 15.9 Å². The summed E-state index contributed by atoms with van der Waals surface area (Å²) in [6.07, 6.45) is 0. The molecule has 0 aliphatic carbocycles. The number of hydrogen-bond donors (Lipinski definition) is 3. The molecule has 3 rings (SSSR count). The van der Waals surface area contributed by atoms with Crippen LogP contribution < -0.4 is 21.5 Å². The second-order valence-electron chi connectivity index (χ2n) is 5.28. The number of hydrogen-bond acceptors (Lipinski definition) is 6. The van der Waals surface area contributed by atoms with Crippen molar-refractivity contribution in [2.75, 3.05) is 11.1 Å². The average Bonchev–Trinajstić information content (AvgIpc) is 2.61. The van der Waals surface area contributed by atoms with Gasteiger partial charge in [0.25, 0.3) is 5.91 Å². The second kappa shape index (κ2) is 7.31. The van der Waals surface area contributed by atoms with Gasteiger partial charge in [-0.2, -0.15) is 4.98 Å². The van der Waals surface area contributed by atoms with E-state index in [0.29, 0.717) is 6.54 Å². The summed E-state index contributed by atoms with van der Waals surface area (Å²) in [6, 6.07) is 18.5. The molecular formula is C18H17N5O2. The van der Waals surface area contributed by atoms with E-state index in [1.54, 1.807) is 0 Å². The van der Waals surface area contributed by atoms with Gasteiger partial charge in [0, 0.05) is 12.6 Å². The molecule has 0 saturated heterocycles.